The number of hydrogen-bond acceptors (Lipinski definition) is 5. The van der Waals surface area contributed by atoms with E-state index in [-0.39, 0.29) is 17.2 Å². The molecule has 6 rings (SSSR count). The number of carbonyl (C=O) groups is 1. The number of anilines is 1. The van der Waals surface area contributed by atoms with Gasteiger partial charge in [-0.05, 0) is 66.9 Å². The summed E-state index contributed by atoms with van der Waals surface area (Å²) in [6.45, 7) is 3.02. The maximum absolute atomic E-state index is 13.6. The quantitative estimate of drug-likeness (QED) is 0.239. The molecule has 1 amide bonds. The van der Waals surface area contributed by atoms with E-state index in [9.17, 15) is 22.8 Å². The van der Waals surface area contributed by atoms with Gasteiger partial charge in [0.15, 0.2) is 11.5 Å². The van der Waals surface area contributed by atoms with E-state index in [0.29, 0.717) is 17.3 Å². The fraction of sp³-hybridized carbons (Fsp3) is 0.200. The number of nitrogens with one attached hydrogen (secondary N) is 3. The summed E-state index contributed by atoms with van der Waals surface area (Å²) in [6.07, 6.45) is -2.36. The van der Waals surface area contributed by atoms with Crippen molar-refractivity contribution in [1.82, 2.24) is 29.9 Å². The van der Waals surface area contributed by atoms with Crippen LogP contribution in [0.1, 0.15) is 34.6 Å². The van der Waals surface area contributed by atoms with Gasteiger partial charge < -0.3 is 5.32 Å². The van der Waals surface area contributed by atoms with Crippen molar-refractivity contribution >= 4 is 11.6 Å². The first-order valence-corrected chi connectivity index (χ1v) is 13.4. The number of likely N-dealkylation sites (tertiary alicyclic amines) is 1. The van der Waals surface area contributed by atoms with Crippen LogP contribution in [0, 0.1) is 0 Å². The Bertz CT molecular complexity index is 1780. The number of halogens is 3. The van der Waals surface area contributed by atoms with Crippen LogP contribution in [0.15, 0.2) is 83.7 Å². The van der Waals surface area contributed by atoms with Gasteiger partial charge in [-0.15, -0.1) is 0 Å². The first-order chi connectivity index (χ1) is 20.2. The highest BCUT2D eigenvalue weighted by atomic mass is 19.4. The molecule has 2 aromatic heterocycles. The topological polar surface area (TPSA) is 112 Å². The van der Waals surface area contributed by atoms with E-state index in [0.717, 1.165) is 35.4 Å². The van der Waals surface area contributed by atoms with Crippen molar-refractivity contribution < 1.29 is 18.0 Å². The number of rotatable bonds is 7. The molecular formula is C30H26F3N7O2. The number of H-pyrrole nitrogens is 2. The van der Waals surface area contributed by atoms with E-state index in [1.807, 2.05) is 24.3 Å². The predicted molar refractivity (Wildman–Crippen MR) is 151 cm³/mol. The van der Waals surface area contributed by atoms with Crippen molar-refractivity contribution in [3.63, 3.8) is 0 Å². The first kappa shape index (κ1) is 27.2. The minimum absolute atomic E-state index is 0.182. The molecule has 0 saturated carbocycles. The molecule has 1 saturated heterocycles. The van der Waals surface area contributed by atoms with Gasteiger partial charge in [-0.2, -0.15) is 23.4 Å². The molecule has 3 aromatic carbocycles. The molecule has 1 aliphatic heterocycles. The monoisotopic (exact) mass is 573 g/mol. The Hall–Kier alpha value is -4.97. The summed E-state index contributed by atoms with van der Waals surface area (Å²) in [5.74, 6) is -0.572. The number of aromatic nitrogens is 5. The highest BCUT2D eigenvalue weighted by molar-refractivity contribution is 6.03. The molecule has 12 heteroatoms. The summed E-state index contributed by atoms with van der Waals surface area (Å²) in [5.41, 5.74) is 2.24. The minimum atomic E-state index is -4.77. The minimum Gasteiger partial charge on any atom is -0.321 e. The van der Waals surface area contributed by atoms with Crippen molar-refractivity contribution in [1.29, 1.82) is 0 Å². The molecule has 0 unspecified atom stereocenters. The second kappa shape index (κ2) is 11.1. The maximum atomic E-state index is 13.6. The zero-order chi connectivity index (χ0) is 29.3. The molecule has 3 N–H and O–H groups in total. The van der Waals surface area contributed by atoms with Gasteiger partial charge in [0.1, 0.15) is 5.69 Å². The van der Waals surface area contributed by atoms with E-state index in [4.69, 9.17) is 0 Å². The third kappa shape index (κ3) is 5.75. The number of hydrogen-bond donors (Lipinski definition) is 3. The van der Waals surface area contributed by atoms with Crippen LogP contribution in [0.5, 0.6) is 0 Å². The predicted octanol–water partition coefficient (Wildman–Crippen LogP) is 5.48. The Morgan fingerprint density at radius 2 is 1.69 bits per heavy atom. The molecule has 0 aliphatic carbocycles. The van der Waals surface area contributed by atoms with Crippen molar-refractivity contribution in [2.45, 2.75) is 25.6 Å². The van der Waals surface area contributed by atoms with E-state index >= 15 is 0 Å². The third-order valence-electron chi connectivity index (χ3n) is 7.16. The summed E-state index contributed by atoms with van der Waals surface area (Å²) < 4.78 is 41.8. The van der Waals surface area contributed by atoms with E-state index in [1.165, 1.54) is 30.5 Å². The second-order valence-electron chi connectivity index (χ2n) is 10.1. The van der Waals surface area contributed by atoms with Gasteiger partial charge in [-0.25, -0.2) is 14.6 Å². The Labute approximate surface area is 238 Å². The van der Waals surface area contributed by atoms with Crippen LogP contribution in [0.25, 0.3) is 28.2 Å². The largest absolute Gasteiger partial charge is 0.435 e. The smallest absolute Gasteiger partial charge is 0.321 e. The lowest BCUT2D eigenvalue weighted by Crippen LogP contribution is -2.18. The zero-order valence-corrected chi connectivity index (χ0v) is 22.3. The number of aromatic amines is 2. The van der Waals surface area contributed by atoms with Crippen molar-refractivity contribution in [2.75, 3.05) is 18.4 Å². The number of alkyl halides is 3. The normalized spacial score (nSPS) is 13.9. The van der Waals surface area contributed by atoms with Crippen LogP contribution >= 0.6 is 0 Å². The molecule has 1 aliphatic rings. The van der Waals surface area contributed by atoms with Gasteiger partial charge in [-0.3, -0.25) is 14.7 Å². The highest BCUT2D eigenvalue weighted by Crippen LogP contribution is 2.31. The Morgan fingerprint density at radius 3 is 2.40 bits per heavy atom. The maximum Gasteiger partial charge on any atom is 0.435 e. The van der Waals surface area contributed by atoms with Gasteiger partial charge in [0.25, 0.3) is 5.91 Å². The van der Waals surface area contributed by atoms with E-state index < -0.39 is 23.5 Å². The summed E-state index contributed by atoms with van der Waals surface area (Å²) in [4.78, 5) is 29.7. The van der Waals surface area contributed by atoms with Crippen molar-refractivity contribution in [3.8, 4) is 28.2 Å². The van der Waals surface area contributed by atoms with Gasteiger partial charge in [0, 0.05) is 23.9 Å². The molecule has 42 heavy (non-hydrogen) atoms. The number of carbonyl (C=O) groups excluding carboxylic acids is 1. The Balaban J connectivity index is 1.27. The lowest BCUT2D eigenvalue weighted by molar-refractivity contribution is -0.141. The average molecular weight is 574 g/mol. The van der Waals surface area contributed by atoms with Crippen LogP contribution in [-0.2, 0) is 12.7 Å². The lowest BCUT2D eigenvalue weighted by atomic mass is 9.99. The van der Waals surface area contributed by atoms with Crippen LogP contribution in [0.4, 0.5) is 18.9 Å². The van der Waals surface area contributed by atoms with Gasteiger partial charge >= 0.3 is 11.9 Å². The summed E-state index contributed by atoms with van der Waals surface area (Å²) in [7, 11) is 0. The lowest BCUT2D eigenvalue weighted by Gasteiger charge is -2.18. The summed E-state index contributed by atoms with van der Waals surface area (Å²) in [5, 5.41) is 12.5. The van der Waals surface area contributed by atoms with E-state index in [2.05, 4.69) is 42.6 Å². The fourth-order valence-corrected chi connectivity index (χ4v) is 5.12. The molecule has 5 aromatic rings. The molecular weight excluding hydrogens is 547 g/mol. The van der Waals surface area contributed by atoms with Gasteiger partial charge in [0.2, 0.25) is 0 Å². The van der Waals surface area contributed by atoms with Crippen LogP contribution in [0.2, 0.25) is 0 Å². The number of nitrogens with zero attached hydrogens (tertiary/aromatic N) is 4. The SMILES string of the molecule is O=C(Nc1ccc(-c2ccccc2CN2CCCC2)cc1)c1cc(C(F)(F)F)nn1-c1cccc(-c2n[nH]c(=O)[nH]2)c1. The standard InChI is InChI=1S/C30H26F3N7O2/c31-30(32,33)26-17-25(40(38-26)23-8-5-7-20(16-23)27-35-29(42)37-36-27)28(41)34-22-12-10-19(11-13-22)24-9-2-1-6-21(24)18-39-14-3-4-15-39/h1-2,5-13,16-17H,3-4,14-15,18H2,(H,34,41)(H2,35,36,37,42). The number of amides is 1. The molecule has 214 valence electrons. The molecule has 0 spiro atoms. The molecule has 0 radical (unpaired) electrons. The molecule has 0 bridgehead atoms. The van der Waals surface area contributed by atoms with Gasteiger partial charge in [-0.1, -0.05) is 48.5 Å². The zero-order valence-electron chi connectivity index (χ0n) is 22.3. The third-order valence-corrected chi connectivity index (χ3v) is 7.16. The van der Waals surface area contributed by atoms with Gasteiger partial charge in [0.05, 0.1) is 5.69 Å². The summed E-state index contributed by atoms with van der Waals surface area (Å²) in [6, 6.07) is 22.3. The molecule has 3 heterocycles. The van der Waals surface area contributed by atoms with Crippen molar-refractivity contribution in [2.24, 2.45) is 0 Å². The van der Waals surface area contributed by atoms with E-state index in [1.54, 1.807) is 24.3 Å². The Morgan fingerprint density at radius 1 is 0.929 bits per heavy atom. The molecule has 0 atom stereocenters. The summed E-state index contributed by atoms with van der Waals surface area (Å²) >= 11 is 0. The Kier molecular flexibility index (Phi) is 7.21. The second-order valence-corrected chi connectivity index (χ2v) is 10.1. The molecule has 1 fully saturated rings. The van der Waals surface area contributed by atoms with Crippen LogP contribution in [0.3, 0.4) is 0 Å². The first-order valence-electron chi connectivity index (χ1n) is 13.4. The van der Waals surface area contributed by atoms with Crippen LogP contribution in [-0.4, -0.2) is 48.9 Å². The molecule has 9 nitrogen and oxygen atoms in total. The fourth-order valence-electron chi connectivity index (χ4n) is 5.12. The number of benzene rings is 3. The van der Waals surface area contributed by atoms with Crippen molar-refractivity contribution in [3.05, 3.63) is 106 Å². The van der Waals surface area contributed by atoms with Crippen LogP contribution < -0.4 is 11.0 Å². The average Bonchev–Trinajstić information content (AvgIpc) is 3.75. The highest BCUT2D eigenvalue weighted by Gasteiger charge is 2.36.